The molecule has 3 rings (SSSR count). The van der Waals surface area contributed by atoms with Gasteiger partial charge in [-0.1, -0.05) is 0 Å². The first-order chi connectivity index (χ1) is 9.94. The third-order valence-corrected chi connectivity index (χ3v) is 7.45. The molecule has 114 valence electrons. The van der Waals surface area contributed by atoms with Gasteiger partial charge in [0.2, 0.25) is 0 Å². The number of hydrogen-bond donors (Lipinski definition) is 0. The standard InChI is InChI=1S/C13H16N2O3S3/c1-9-5-20-13-14-11(4-12(16)15(9)13)6-19-3-2-10-7-21(17,18)8-10/h4-5,10H,2-3,6-8H2,1H3. The second kappa shape index (κ2) is 5.73. The molecule has 21 heavy (non-hydrogen) atoms. The monoisotopic (exact) mass is 344 g/mol. The van der Waals surface area contributed by atoms with Crippen LogP contribution in [0.4, 0.5) is 0 Å². The number of hydrogen-bond acceptors (Lipinski definition) is 6. The summed E-state index contributed by atoms with van der Waals surface area (Å²) in [6, 6.07) is 1.59. The second-order valence-electron chi connectivity index (χ2n) is 5.36. The minimum atomic E-state index is -2.71. The van der Waals surface area contributed by atoms with Gasteiger partial charge in [-0.25, -0.2) is 13.4 Å². The van der Waals surface area contributed by atoms with Crippen LogP contribution in [0.5, 0.6) is 0 Å². The average Bonchev–Trinajstić information content (AvgIpc) is 2.74. The molecule has 1 aliphatic rings. The van der Waals surface area contributed by atoms with Crippen molar-refractivity contribution >= 4 is 37.9 Å². The molecular weight excluding hydrogens is 328 g/mol. The zero-order valence-electron chi connectivity index (χ0n) is 11.6. The van der Waals surface area contributed by atoms with E-state index in [4.69, 9.17) is 0 Å². The van der Waals surface area contributed by atoms with E-state index in [9.17, 15) is 13.2 Å². The van der Waals surface area contributed by atoms with Crippen molar-refractivity contribution in [3.05, 3.63) is 33.2 Å². The fraction of sp³-hybridized carbons (Fsp3) is 0.538. The van der Waals surface area contributed by atoms with E-state index >= 15 is 0 Å². The molecule has 1 fully saturated rings. The van der Waals surface area contributed by atoms with Crippen molar-refractivity contribution in [3.63, 3.8) is 0 Å². The lowest BCUT2D eigenvalue weighted by Gasteiger charge is -2.25. The van der Waals surface area contributed by atoms with Crippen molar-refractivity contribution in [1.82, 2.24) is 9.38 Å². The van der Waals surface area contributed by atoms with Gasteiger partial charge in [-0.05, 0) is 25.0 Å². The molecule has 0 spiro atoms. The highest BCUT2D eigenvalue weighted by molar-refractivity contribution is 7.98. The van der Waals surface area contributed by atoms with Crippen LogP contribution in [-0.4, -0.2) is 35.1 Å². The van der Waals surface area contributed by atoms with Gasteiger partial charge in [0.15, 0.2) is 14.8 Å². The van der Waals surface area contributed by atoms with Crippen LogP contribution in [0.2, 0.25) is 0 Å². The van der Waals surface area contributed by atoms with E-state index in [1.165, 1.54) is 11.3 Å². The van der Waals surface area contributed by atoms with Gasteiger partial charge in [-0.15, -0.1) is 11.3 Å². The van der Waals surface area contributed by atoms with Gasteiger partial charge in [-0.2, -0.15) is 11.8 Å². The zero-order chi connectivity index (χ0) is 15.0. The zero-order valence-corrected chi connectivity index (χ0v) is 14.1. The summed E-state index contributed by atoms with van der Waals surface area (Å²) >= 11 is 3.18. The van der Waals surface area contributed by atoms with Crippen molar-refractivity contribution in [1.29, 1.82) is 0 Å². The summed E-state index contributed by atoms with van der Waals surface area (Å²) in [6.07, 6.45) is 0.920. The highest BCUT2D eigenvalue weighted by Crippen LogP contribution is 2.24. The maximum atomic E-state index is 12.0. The molecule has 0 amide bonds. The molecule has 8 heteroatoms. The molecule has 0 aromatic carbocycles. The number of fused-ring (bicyclic) bond motifs is 1. The fourth-order valence-corrected chi connectivity index (χ4v) is 6.00. The largest absolute Gasteiger partial charge is 0.269 e. The van der Waals surface area contributed by atoms with E-state index in [1.54, 1.807) is 22.2 Å². The number of sulfone groups is 1. The van der Waals surface area contributed by atoms with Crippen LogP contribution in [0.3, 0.4) is 0 Å². The van der Waals surface area contributed by atoms with Crippen molar-refractivity contribution < 1.29 is 8.42 Å². The van der Waals surface area contributed by atoms with Crippen molar-refractivity contribution in [2.24, 2.45) is 5.92 Å². The van der Waals surface area contributed by atoms with Gasteiger partial charge in [0, 0.05) is 22.9 Å². The first-order valence-corrected chi connectivity index (χ1v) is 10.6. The summed E-state index contributed by atoms with van der Waals surface area (Å²) in [7, 11) is -2.71. The molecule has 2 aromatic heterocycles. The van der Waals surface area contributed by atoms with E-state index in [-0.39, 0.29) is 5.56 Å². The third-order valence-electron chi connectivity index (χ3n) is 3.53. The Morgan fingerprint density at radius 3 is 2.95 bits per heavy atom. The molecule has 3 heterocycles. The number of rotatable bonds is 5. The number of thiazole rings is 1. The van der Waals surface area contributed by atoms with E-state index in [0.717, 1.165) is 28.5 Å². The molecule has 0 radical (unpaired) electrons. The first-order valence-electron chi connectivity index (χ1n) is 6.69. The molecule has 1 aliphatic heterocycles. The molecule has 0 N–H and O–H groups in total. The van der Waals surface area contributed by atoms with Crippen LogP contribution in [0.15, 0.2) is 16.2 Å². The maximum Gasteiger partial charge on any atom is 0.258 e. The van der Waals surface area contributed by atoms with Crippen molar-refractivity contribution in [2.45, 2.75) is 19.1 Å². The number of aromatic nitrogens is 2. The van der Waals surface area contributed by atoms with Crippen molar-refractivity contribution in [2.75, 3.05) is 17.3 Å². The number of thioether (sulfide) groups is 1. The van der Waals surface area contributed by atoms with E-state index in [2.05, 4.69) is 4.98 Å². The van der Waals surface area contributed by atoms with Gasteiger partial charge >= 0.3 is 0 Å². The Balaban J connectivity index is 1.55. The Morgan fingerprint density at radius 2 is 2.24 bits per heavy atom. The summed E-state index contributed by atoms with van der Waals surface area (Å²) in [6.45, 7) is 1.90. The van der Waals surface area contributed by atoms with E-state index in [1.807, 2.05) is 12.3 Å². The molecule has 0 saturated carbocycles. The van der Waals surface area contributed by atoms with E-state index < -0.39 is 9.84 Å². The minimum Gasteiger partial charge on any atom is -0.269 e. The number of nitrogens with zero attached hydrogens (tertiary/aromatic N) is 2. The molecule has 0 bridgehead atoms. The lowest BCUT2D eigenvalue weighted by molar-refractivity contribution is 0.514. The fourth-order valence-electron chi connectivity index (χ4n) is 2.44. The molecule has 0 atom stereocenters. The molecule has 0 unspecified atom stereocenters. The molecule has 5 nitrogen and oxygen atoms in total. The Hall–Kier alpha value is -0.860. The second-order valence-corrected chi connectivity index (χ2v) is 9.46. The topological polar surface area (TPSA) is 68.5 Å². The highest BCUT2D eigenvalue weighted by Gasteiger charge is 2.32. The summed E-state index contributed by atoms with van der Waals surface area (Å²) in [5, 5.41) is 1.93. The third kappa shape index (κ3) is 3.32. The van der Waals surface area contributed by atoms with Gasteiger partial charge in [-0.3, -0.25) is 9.20 Å². The van der Waals surface area contributed by atoms with Crippen LogP contribution in [0.25, 0.3) is 4.96 Å². The predicted octanol–water partition coefficient (Wildman–Crippen LogP) is 1.73. The minimum absolute atomic E-state index is 0.0283. The Labute approximate surface area is 131 Å². The van der Waals surface area contributed by atoms with Gasteiger partial charge < -0.3 is 0 Å². The van der Waals surface area contributed by atoms with Crippen LogP contribution in [0.1, 0.15) is 17.8 Å². The summed E-state index contributed by atoms with van der Waals surface area (Å²) in [4.78, 5) is 17.2. The predicted molar refractivity (Wildman–Crippen MR) is 87.0 cm³/mol. The van der Waals surface area contributed by atoms with Crippen LogP contribution < -0.4 is 5.56 Å². The molecular formula is C13H16N2O3S3. The summed E-state index contributed by atoms with van der Waals surface area (Å²) < 4.78 is 23.7. The lowest BCUT2D eigenvalue weighted by Crippen LogP contribution is -2.36. The molecule has 1 saturated heterocycles. The maximum absolute atomic E-state index is 12.0. The SMILES string of the molecule is Cc1csc2nc(CSCCC3CS(=O)(=O)C3)cc(=O)n12. The molecule has 0 aliphatic carbocycles. The Bertz CT molecular complexity index is 811. The van der Waals surface area contributed by atoms with Crippen LogP contribution in [0, 0.1) is 12.8 Å². The van der Waals surface area contributed by atoms with Crippen molar-refractivity contribution in [3.8, 4) is 0 Å². The van der Waals surface area contributed by atoms with Gasteiger partial charge in [0.05, 0.1) is 17.2 Å². The number of aryl methyl sites for hydroxylation is 1. The Morgan fingerprint density at radius 1 is 1.48 bits per heavy atom. The summed E-state index contributed by atoms with van der Waals surface area (Å²) in [5.74, 6) is 2.61. The van der Waals surface area contributed by atoms with Gasteiger partial charge in [0.25, 0.3) is 5.56 Å². The highest BCUT2D eigenvalue weighted by atomic mass is 32.2. The average molecular weight is 344 g/mol. The smallest absolute Gasteiger partial charge is 0.258 e. The normalized spacial score (nSPS) is 18.0. The van der Waals surface area contributed by atoms with Gasteiger partial charge in [0.1, 0.15) is 0 Å². The first kappa shape index (κ1) is 15.1. The van der Waals surface area contributed by atoms with Crippen LogP contribution >= 0.6 is 23.1 Å². The van der Waals surface area contributed by atoms with E-state index in [0.29, 0.717) is 23.2 Å². The quantitative estimate of drug-likeness (QED) is 0.773. The Kier molecular flexibility index (Phi) is 4.11. The summed E-state index contributed by atoms with van der Waals surface area (Å²) in [5.41, 5.74) is 1.69. The van der Waals surface area contributed by atoms with Crippen LogP contribution in [-0.2, 0) is 15.6 Å². The molecule has 2 aromatic rings. The lowest BCUT2D eigenvalue weighted by atomic mass is 10.1.